The van der Waals surface area contributed by atoms with Gasteiger partial charge in [-0.05, 0) is 49.7 Å². The molecular weight excluding hydrogens is 286 g/mol. The van der Waals surface area contributed by atoms with E-state index >= 15 is 0 Å². The van der Waals surface area contributed by atoms with Crippen LogP contribution in [0.5, 0.6) is 0 Å². The van der Waals surface area contributed by atoms with Crippen LogP contribution < -0.4 is 5.32 Å². The molecule has 0 fully saturated rings. The van der Waals surface area contributed by atoms with E-state index in [4.69, 9.17) is 0 Å². The van der Waals surface area contributed by atoms with E-state index in [2.05, 4.69) is 10.4 Å². The van der Waals surface area contributed by atoms with Crippen molar-refractivity contribution in [1.29, 1.82) is 0 Å². The van der Waals surface area contributed by atoms with Crippen molar-refractivity contribution in [2.45, 2.75) is 19.9 Å². The van der Waals surface area contributed by atoms with Gasteiger partial charge in [0, 0.05) is 17.5 Å². The van der Waals surface area contributed by atoms with Gasteiger partial charge < -0.3 is 5.32 Å². The smallest absolute Gasteiger partial charge is 0.251 e. The lowest BCUT2D eigenvalue weighted by Gasteiger charge is -2.14. The molecule has 116 valence electrons. The molecule has 4 heteroatoms. The summed E-state index contributed by atoms with van der Waals surface area (Å²) in [5.41, 5.74) is 3.73. The lowest BCUT2D eigenvalue weighted by molar-refractivity contribution is 0.0940. The Balaban J connectivity index is 1.72. The molecule has 0 bridgehead atoms. The topological polar surface area (TPSA) is 46.9 Å². The van der Waals surface area contributed by atoms with E-state index in [1.807, 2.05) is 79.2 Å². The van der Waals surface area contributed by atoms with Crippen molar-refractivity contribution in [2.75, 3.05) is 0 Å². The predicted octanol–water partition coefficient (Wildman–Crippen LogP) is 3.67. The number of carbonyl (C=O) groups excluding carboxylic acids is 1. The van der Waals surface area contributed by atoms with Crippen molar-refractivity contribution in [2.24, 2.45) is 0 Å². The van der Waals surface area contributed by atoms with Crippen molar-refractivity contribution in [1.82, 2.24) is 15.1 Å². The van der Waals surface area contributed by atoms with Crippen molar-refractivity contribution in [3.63, 3.8) is 0 Å². The van der Waals surface area contributed by atoms with Crippen LogP contribution in [-0.4, -0.2) is 15.7 Å². The fraction of sp³-hybridized carbons (Fsp3) is 0.158. The lowest BCUT2D eigenvalue weighted by atomic mass is 10.1. The maximum atomic E-state index is 12.4. The van der Waals surface area contributed by atoms with Crippen molar-refractivity contribution in [3.05, 3.63) is 83.7 Å². The molecule has 0 spiro atoms. The highest BCUT2D eigenvalue weighted by molar-refractivity contribution is 5.94. The first-order chi connectivity index (χ1) is 11.1. The molecule has 1 heterocycles. The third-order valence-electron chi connectivity index (χ3n) is 3.85. The van der Waals surface area contributed by atoms with Gasteiger partial charge in [0.2, 0.25) is 0 Å². The van der Waals surface area contributed by atoms with Gasteiger partial charge >= 0.3 is 0 Å². The highest BCUT2D eigenvalue weighted by atomic mass is 16.1. The molecule has 0 aliphatic heterocycles. The largest absolute Gasteiger partial charge is 0.346 e. The van der Waals surface area contributed by atoms with Crippen LogP contribution in [0.1, 0.15) is 34.6 Å². The average Bonchev–Trinajstić information content (AvgIpc) is 3.02. The molecule has 1 N–H and O–H groups in total. The molecule has 1 amide bonds. The zero-order chi connectivity index (χ0) is 16.2. The minimum Gasteiger partial charge on any atom is -0.346 e. The minimum atomic E-state index is -0.0786. The Labute approximate surface area is 135 Å². The number of aryl methyl sites for hydroxylation is 1. The third kappa shape index (κ3) is 3.31. The summed E-state index contributed by atoms with van der Waals surface area (Å²) in [6, 6.07) is 19.3. The average molecular weight is 305 g/mol. The SMILES string of the molecule is Cc1ccnn1-c1ccc(C(=O)NC(C)c2ccccc2)cc1. The second kappa shape index (κ2) is 6.48. The van der Waals surface area contributed by atoms with Crippen molar-refractivity contribution < 1.29 is 4.79 Å². The standard InChI is InChI=1S/C19H19N3O/c1-14-12-13-20-22(14)18-10-8-17(9-11-18)19(23)21-15(2)16-6-4-3-5-7-16/h3-13,15H,1-2H3,(H,21,23). The third-order valence-corrected chi connectivity index (χ3v) is 3.85. The fourth-order valence-corrected chi connectivity index (χ4v) is 2.50. The first-order valence-electron chi connectivity index (χ1n) is 7.62. The van der Waals surface area contributed by atoms with Crippen LogP contribution in [0.3, 0.4) is 0 Å². The summed E-state index contributed by atoms with van der Waals surface area (Å²) in [5.74, 6) is -0.0786. The first kappa shape index (κ1) is 15.0. The molecule has 0 aliphatic carbocycles. The zero-order valence-corrected chi connectivity index (χ0v) is 13.2. The molecule has 0 aliphatic rings. The fourth-order valence-electron chi connectivity index (χ4n) is 2.50. The number of aromatic nitrogens is 2. The van der Waals surface area contributed by atoms with Gasteiger partial charge in [-0.1, -0.05) is 30.3 Å². The van der Waals surface area contributed by atoms with E-state index in [-0.39, 0.29) is 11.9 Å². The highest BCUT2D eigenvalue weighted by Gasteiger charge is 2.11. The van der Waals surface area contributed by atoms with Gasteiger partial charge in [0.1, 0.15) is 0 Å². The van der Waals surface area contributed by atoms with E-state index in [9.17, 15) is 4.79 Å². The number of hydrogen-bond donors (Lipinski definition) is 1. The molecule has 23 heavy (non-hydrogen) atoms. The van der Waals surface area contributed by atoms with E-state index < -0.39 is 0 Å². The Morgan fingerprint density at radius 1 is 1.04 bits per heavy atom. The van der Waals surface area contributed by atoms with Crippen LogP contribution in [0.15, 0.2) is 66.9 Å². The molecule has 1 unspecified atom stereocenters. The summed E-state index contributed by atoms with van der Waals surface area (Å²) in [7, 11) is 0. The number of nitrogens with zero attached hydrogens (tertiary/aromatic N) is 2. The maximum absolute atomic E-state index is 12.4. The Morgan fingerprint density at radius 3 is 2.35 bits per heavy atom. The molecule has 1 atom stereocenters. The maximum Gasteiger partial charge on any atom is 0.251 e. The van der Waals surface area contributed by atoms with E-state index in [1.165, 1.54) is 0 Å². The van der Waals surface area contributed by atoms with Crippen molar-refractivity contribution in [3.8, 4) is 5.69 Å². The second-order valence-electron chi connectivity index (χ2n) is 5.54. The quantitative estimate of drug-likeness (QED) is 0.799. The van der Waals surface area contributed by atoms with Crippen LogP contribution in [0.2, 0.25) is 0 Å². The van der Waals surface area contributed by atoms with E-state index in [0.717, 1.165) is 16.9 Å². The van der Waals surface area contributed by atoms with Crippen molar-refractivity contribution >= 4 is 5.91 Å². The number of nitrogens with one attached hydrogen (secondary N) is 1. The van der Waals surface area contributed by atoms with Crippen LogP contribution in [-0.2, 0) is 0 Å². The van der Waals surface area contributed by atoms with Crippen LogP contribution in [0.4, 0.5) is 0 Å². The van der Waals surface area contributed by atoms with Gasteiger partial charge in [-0.2, -0.15) is 5.10 Å². The summed E-state index contributed by atoms with van der Waals surface area (Å²) >= 11 is 0. The molecule has 1 aromatic heterocycles. The Bertz CT molecular complexity index is 791. The van der Waals surface area contributed by atoms with Gasteiger partial charge in [-0.3, -0.25) is 4.79 Å². The number of benzene rings is 2. The normalized spacial score (nSPS) is 11.9. The lowest BCUT2D eigenvalue weighted by Crippen LogP contribution is -2.26. The van der Waals surface area contributed by atoms with Gasteiger partial charge in [-0.25, -0.2) is 4.68 Å². The Kier molecular flexibility index (Phi) is 4.24. The minimum absolute atomic E-state index is 0.0308. The van der Waals surface area contributed by atoms with E-state index in [1.54, 1.807) is 6.20 Å². The summed E-state index contributed by atoms with van der Waals surface area (Å²) in [6.07, 6.45) is 1.76. The highest BCUT2D eigenvalue weighted by Crippen LogP contribution is 2.14. The summed E-state index contributed by atoms with van der Waals surface area (Å²) < 4.78 is 1.84. The van der Waals surface area contributed by atoms with Gasteiger partial charge in [-0.15, -0.1) is 0 Å². The van der Waals surface area contributed by atoms with Gasteiger partial charge in [0.25, 0.3) is 5.91 Å². The molecule has 0 saturated carbocycles. The second-order valence-corrected chi connectivity index (χ2v) is 5.54. The number of rotatable bonds is 4. The molecule has 3 rings (SSSR count). The van der Waals surface area contributed by atoms with Gasteiger partial charge in [0.15, 0.2) is 0 Å². The molecule has 0 saturated heterocycles. The molecule has 3 aromatic rings. The number of amides is 1. The Morgan fingerprint density at radius 2 is 1.74 bits per heavy atom. The molecule has 4 nitrogen and oxygen atoms in total. The predicted molar refractivity (Wildman–Crippen MR) is 90.6 cm³/mol. The zero-order valence-electron chi connectivity index (χ0n) is 13.2. The van der Waals surface area contributed by atoms with E-state index in [0.29, 0.717) is 5.56 Å². The monoisotopic (exact) mass is 305 g/mol. The van der Waals surface area contributed by atoms with Crippen LogP contribution in [0.25, 0.3) is 5.69 Å². The summed E-state index contributed by atoms with van der Waals surface area (Å²) in [6.45, 7) is 3.98. The van der Waals surface area contributed by atoms with Gasteiger partial charge in [0.05, 0.1) is 11.7 Å². The molecule has 0 radical (unpaired) electrons. The summed E-state index contributed by atoms with van der Waals surface area (Å²) in [5, 5.41) is 7.28. The van der Waals surface area contributed by atoms with Crippen LogP contribution >= 0.6 is 0 Å². The summed E-state index contributed by atoms with van der Waals surface area (Å²) in [4.78, 5) is 12.4. The molecular formula is C19H19N3O. The Hall–Kier alpha value is -2.88. The van der Waals surface area contributed by atoms with Crippen LogP contribution in [0, 0.1) is 6.92 Å². The first-order valence-corrected chi connectivity index (χ1v) is 7.62. The number of carbonyl (C=O) groups is 1. The molecule has 2 aromatic carbocycles. The number of hydrogen-bond acceptors (Lipinski definition) is 2.